The van der Waals surface area contributed by atoms with Crippen molar-refractivity contribution in [3.05, 3.63) is 0 Å². The van der Waals surface area contributed by atoms with Gasteiger partial charge in [-0.25, -0.2) is 13.6 Å². The Kier molecular flexibility index (Phi) is 1.74. The summed E-state index contributed by atoms with van der Waals surface area (Å²) in [4.78, 5) is 0. The first kappa shape index (κ1) is 7.97. The van der Waals surface area contributed by atoms with E-state index in [1.165, 1.54) is 0 Å². The zero-order valence-electron chi connectivity index (χ0n) is 5.71. The fourth-order valence-electron chi connectivity index (χ4n) is 1.18. The van der Waals surface area contributed by atoms with Gasteiger partial charge < -0.3 is 5.73 Å². The molecule has 1 aliphatic carbocycles. The third-order valence-electron chi connectivity index (χ3n) is 2.24. The highest BCUT2D eigenvalue weighted by Crippen LogP contribution is 2.36. The van der Waals surface area contributed by atoms with E-state index < -0.39 is 14.8 Å². The van der Waals surface area contributed by atoms with Crippen molar-refractivity contribution in [2.45, 2.75) is 24.0 Å². The Hall–Kier alpha value is -0.130. The minimum atomic E-state index is -3.40. The third kappa shape index (κ3) is 0.941. The molecule has 10 heavy (non-hydrogen) atoms. The topological polar surface area (TPSA) is 86.2 Å². The minimum absolute atomic E-state index is 0.159. The van der Waals surface area contributed by atoms with E-state index in [1.807, 2.05) is 0 Å². The Labute approximate surface area is 60.6 Å². The lowest BCUT2D eigenvalue weighted by Gasteiger charge is -2.37. The van der Waals surface area contributed by atoms with E-state index >= 15 is 0 Å². The van der Waals surface area contributed by atoms with Crippen LogP contribution in [-0.2, 0) is 10.0 Å². The number of hydrogen-bond acceptors (Lipinski definition) is 3. The second-order valence-corrected chi connectivity index (χ2v) is 4.74. The summed E-state index contributed by atoms with van der Waals surface area (Å²) in [6.45, 7) is 0.159. The van der Waals surface area contributed by atoms with Crippen LogP contribution in [0.1, 0.15) is 19.3 Å². The molecule has 0 aromatic carbocycles. The van der Waals surface area contributed by atoms with Crippen LogP contribution in [-0.4, -0.2) is 19.7 Å². The molecule has 5 heteroatoms. The largest absolute Gasteiger partial charge is 0.329 e. The van der Waals surface area contributed by atoms with Crippen molar-refractivity contribution in [3.8, 4) is 0 Å². The van der Waals surface area contributed by atoms with Gasteiger partial charge in [0.15, 0.2) is 0 Å². The normalized spacial score (nSPS) is 23.8. The van der Waals surface area contributed by atoms with Crippen LogP contribution in [0.15, 0.2) is 0 Å². The molecule has 0 aromatic rings. The molecule has 0 atom stereocenters. The average molecular weight is 164 g/mol. The lowest BCUT2D eigenvalue weighted by atomic mass is 9.84. The summed E-state index contributed by atoms with van der Waals surface area (Å²) < 4.78 is 21.0. The van der Waals surface area contributed by atoms with Crippen molar-refractivity contribution in [1.29, 1.82) is 0 Å². The summed E-state index contributed by atoms with van der Waals surface area (Å²) in [5, 5.41) is 4.98. The Bertz CT molecular complexity index is 212. The molecule has 0 saturated heterocycles. The van der Waals surface area contributed by atoms with Gasteiger partial charge in [0, 0.05) is 6.54 Å². The standard InChI is InChI=1S/C5H12N2O2S/c6-4-5(2-1-3-5)10(7,8)9/h1-4,6H2,(H2,7,8,9). The zero-order valence-corrected chi connectivity index (χ0v) is 6.52. The molecule has 0 unspecified atom stereocenters. The van der Waals surface area contributed by atoms with Crippen LogP contribution in [0, 0.1) is 0 Å². The van der Waals surface area contributed by atoms with Gasteiger partial charge in [-0.05, 0) is 12.8 Å². The predicted octanol–water partition coefficient (Wildman–Crippen LogP) is -0.844. The number of hydrogen-bond donors (Lipinski definition) is 2. The number of sulfonamides is 1. The average Bonchev–Trinajstić information content (AvgIpc) is 1.58. The number of primary sulfonamides is 1. The maximum atomic E-state index is 10.9. The van der Waals surface area contributed by atoms with Crippen molar-refractivity contribution in [3.63, 3.8) is 0 Å². The maximum absolute atomic E-state index is 10.9. The Morgan fingerprint density at radius 3 is 1.90 bits per heavy atom. The van der Waals surface area contributed by atoms with Gasteiger partial charge in [-0.2, -0.15) is 0 Å². The highest BCUT2D eigenvalue weighted by atomic mass is 32.2. The predicted molar refractivity (Wildman–Crippen MR) is 38.7 cm³/mol. The van der Waals surface area contributed by atoms with Gasteiger partial charge in [-0.3, -0.25) is 0 Å². The van der Waals surface area contributed by atoms with Crippen LogP contribution in [0.25, 0.3) is 0 Å². The van der Waals surface area contributed by atoms with Gasteiger partial charge in [0.2, 0.25) is 10.0 Å². The fraction of sp³-hybridized carbons (Fsp3) is 1.00. The molecule has 1 saturated carbocycles. The molecule has 1 rings (SSSR count). The minimum Gasteiger partial charge on any atom is -0.329 e. The van der Waals surface area contributed by atoms with Crippen LogP contribution >= 0.6 is 0 Å². The highest BCUT2D eigenvalue weighted by molar-refractivity contribution is 7.90. The smallest absolute Gasteiger partial charge is 0.216 e. The number of nitrogens with two attached hydrogens (primary N) is 2. The van der Waals surface area contributed by atoms with Crippen molar-refractivity contribution >= 4 is 10.0 Å². The van der Waals surface area contributed by atoms with Crippen LogP contribution in [0.5, 0.6) is 0 Å². The monoisotopic (exact) mass is 164 g/mol. The highest BCUT2D eigenvalue weighted by Gasteiger charge is 2.45. The summed E-state index contributed by atoms with van der Waals surface area (Å²) in [7, 11) is -3.40. The molecule has 0 amide bonds. The summed E-state index contributed by atoms with van der Waals surface area (Å²) in [5.74, 6) is 0. The van der Waals surface area contributed by atoms with Crippen molar-refractivity contribution in [1.82, 2.24) is 0 Å². The second-order valence-electron chi connectivity index (χ2n) is 2.79. The molecule has 1 fully saturated rings. The Balaban J connectivity index is 2.85. The van der Waals surface area contributed by atoms with Gasteiger partial charge in [-0.15, -0.1) is 0 Å². The lowest BCUT2D eigenvalue weighted by Crippen LogP contribution is -2.54. The fourth-order valence-corrected chi connectivity index (χ4v) is 2.27. The molecule has 0 aliphatic heterocycles. The molecular weight excluding hydrogens is 152 g/mol. The van der Waals surface area contributed by atoms with Gasteiger partial charge in [0.05, 0.1) is 4.75 Å². The summed E-state index contributed by atoms with van der Waals surface area (Å²) in [5.41, 5.74) is 5.30. The third-order valence-corrected chi connectivity index (χ3v) is 4.02. The molecule has 0 heterocycles. The van der Waals surface area contributed by atoms with Crippen LogP contribution in [0.4, 0.5) is 0 Å². The molecule has 0 radical (unpaired) electrons. The van der Waals surface area contributed by atoms with Crippen molar-refractivity contribution in [2.75, 3.05) is 6.54 Å². The van der Waals surface area contributed by atoms with Gasteiger partial charge in [0.25, 0.3) is 0 Å². The zero-order chi connectivity index (χ0) is 7.83. The molecule has 4 N–H and O–H groups in total. The van der Waals surface area contributed by atoms with E-state index in [1.54, 1.807) is 0 Å². The summed E-state index contributed by atoms with van der Waals surface area (Å²) >= 11 is 0. The molecule has 4 nitrogen and oxygen atoms in total. The van der Waals surface area contributed by atoms with Gasteiger partial charge >= 0.3 is 0 Å². The van der Waals surface area contributed by atoms with Gasteiger partial charge in [0.1, 0.15) is 0 Å². The Morgan fingerprint density at radius 2 is 1.90 bits per heavy atom. The van der Waals surface area contributed by atoms with E-state index in [9.17, 15) is 8.42 Å². The summed E-state index contributed by atoms with van der Waals surface area (Å²) in [6, 6.07) is 0. The van der Waals surface area contributed by atoms with Crippen molar-refractivity contribution in [2.24, 2.45) is 10.9 Å². The van der Waals surface area contributed by atoms with Crippen LogP contribution in [0.2, 0.25) is 0 Å². The lowest BCUT2D eigenvalue weighted by molar-refractivity contribution is 0.344. The first-order chi connectivity index (χ1) is 4.52. The molecule has 0 aromatic heterocycles. The van der Waals surface area contributed by atoms with Gasteiger partial charge in [-0.1, -0.05) is 6.42 Å². The van der Waals surface area contributed by atoms with E-state index in [4.69, 9.17) is 10.9 Å². The SMILES string of the molecule is NCC1(S(N)(=O)=O)CCC1. The number of rotatable bonds is 2. The van der Waals surface area contributed by atoms with Crippen LogP contribution in [0.3, 0.4) is 0 Å². The van der Waals surface area contributed by atoms with E-state index in [0.29, 0.717) is 12.8 Å². The first-order valence-electron chi connectivity index (χ1n) is 3.24. The van der Waals surface area contributed by atoms with E-state index in [0.717, 1.165) is 6.42 Å². The maximum Gasteiger partial charge on any atom is 0.216 e. The van der Waals surface area contributed by atoms with Crippen molar-refractivity contribution < 1.29 is 8.42 Å². The molecule has 60 valence electrons. The quantitative estimate of drug-likeness (QED) is 0.557. The second kappa shape index (κ2) is 2.18. The molecule has 0 bridgehead atoms. The Morgan fingerprint density at radius 1 is 1.40 bits per heavy atom. The van der Waals surface area contributed by atoms with E-state index in [-0.39, 0.29) is 6.54 Å². The summed E-state index contributed by atoms with van der Waals surface area (Å²) in [6.07, 6.45) is 2.18. The van der Waals surface area contributed by atoms with E-state index in [2.05, 4.69) is 0 Å². The molecule has 0 spiro atoms. The molecule has 1 aliphatic rings. The van der Waals surface area contributed by atoms with Crippen LogP contribution < -0.4 is 10.9 Å². The first-order valence-corrected chi connectivity index (χ1v) is 4.79. The molecular formula is C5H12N2O2S.